The molecule has 1 aromatic rings. The van der Waals surface area contributed by atoms with Crippen molar-refractivity contribution in [3.05, 3.63) is 58.0 Å². The van der Waals surface area contributed by atoms with E-state index in [2.05, 4.69) is 19.6 Å². The number of likely N-dealkylation sites (tertiary alicyclic amines) is 1. The predicted molar refractivity (Wildman–Crippen MR) is 139 cm³/mol. The molecular formula is C27H35N3O4S. The highest BCUT2D eigenvalue weighted by molar-refractivity contribution is 8.06. The van der Waals surface area contributed by atoms with E-state index >= 15 is 0 Å². The summed E-state index contributed by atoms with van der Waals surface area (Å²) in [5, 5.41) is 1.87. The van der Waals surface area contributed by atoms with Crippen LogP contribution in [0.4, 0.5) is 4.79 Å². The summed E-state index contributed by atoms with van der Waals surface area (Å²) in [7, 11) is 3.31. The third kappa shape index (κ3) is 4.22. The van der Waals surface area contributed by atoms with Gasteiger partial charge in [0.05, 0.1) is 31.2 Å². The lowest BCUT2D eigenvalue weighted by atomic mass is 9.82. The van der Waals surface area contributed by atoms with Gasteiger partial charge >= 0.3 is 6.03 Å². The average molecular weight is 498 g/mol. The Hall–Kier alpha value is -2.87. The predicted octanol–water partition coefficient (Wildman–Crippen LogP) is 5.10. The fourth-order valence-electron chi connectivity index (χ4n) is 5.72. The van der Waals surface area contributed by atoms with Gasteiger partial charge in [-0.2, -0.15) is 0 Å². The third-order valence-corrected chi connectivity index (χ3v) is 8.24. The average Bonchev–Trinajstić information content (AvgIpc) is 2.97. The van der Waals surface area contributed by atoms with Gasteiger partial charge in [-0.15, -0.1) is 0 Å². The second kappa shape index (κ2) is 10.0. The lowest BCUT2D eigenvalue weighted by Gasteiger charge is -2.44. The van der Waals surface area contributed by atoms with Crippen LogP contribution in [0.5, 0.6) is 11.5 Å². The Morgan fingerprint density at radius 1 is 1.26 bits per heavy atom. The summed E-state index contributed by atoms with van der Waals surface area (Å²) in [5.41, 5.74) is 2.74. The molecule has 3 amide bonds. The number of allylic oxidation sites excluding steroid dienone is 2. The molecule has 0 aliphatic carbocycles. The lowest BCUT2D eigenvalue weighted by Crippen LogP contribution is -2.54. The summed E-state index contributed by atoms with van der Waals surface area (Å²) in [6.45, 7) is 12.3. The lowest BCUT2D eigenvalue weighted by molar-refractivity contribution is -0.128. The summed E-state index contributed by atoms with van der Waals surface area (Å²) in [6.07, 6.45) is 5.53. The standard InChI is InChI=1S/C27H35N3O4S/c1-7-13-35-19(4)25(31)28-11-9-27(10-12-28)23-14-18(3)24-20(15-21(33-5)16-22(24)34-6)17-29(23)26(32)30(27)8-2/h7,13-16,18H,4,8-12,17H2,1-3,5-6H3. The van der Waals surface area contributed by atoms with Crippen molar-refractivity contribution < 1.29 is 19.1 Å². The molecule has 8 heteroatoms. The number of carbonyl (C=O) groups is 2. The first-order valence-corrected chi connectivity index (χ1v) is 13.0. The molecule has 1 spiro atoms. The van der Waals surface area contributed by atoms with E-state index in [4.69, 9.17) is 9.47 Å². The maximum Gasteiger partial charge on any atom is 0.325 e. The number of carbonyl (C=O) groups excluding carboxylic acids is 2. The van der Waals surface area contributed by atoms with Gasteiger partial charge in [0, 0.05) is 42.9 Å². The molecule has 0 N–H and O–H groups in total. The van der Waals surface area contributed by atoms with Crippen LogP contribution in [-0.4, -0.2) is 66.0 Å². The molecule has 2 saturated heterocycles. The highest BCUT2D eigenvalue weighted by atomic mass is 32.2. The normalized spacial score (nSPS) is 21.1. The molecule has 1 unspecified atom stereocenters. The first-order valence-electron chi connectivity index (χ1n) is 12.1. The van der Waals surface area contributed by atoms with Gasteiger partial charge in [0.25, 0.3) is 5.91 Å². The molecule has 0 saturated carbocycles. The zero-order chi connectivity index (χ0) is 25.3. The number of thioether (sulfide) groups is 1. The summed E-state index contributed by atoms with van der Waals surface area (Å²) >= 11 is 1.36. The van der Waals surface area contributed by atoms with Crippen molar-refractivity contribution in [2.24, 2.45) is 0 Å². The van der Waals surface area contributed by atoms with Crippen LogP contribution in [0, 0.1) is 0 Å². The molecule has 3 heterocycles. The van der Waals surface area contributed by atoms with Crippen LogP contribution in [0.1, 0.15) is 50.7 Å². The highest BCUT2D eigenvalue weighted by Gasteiger charge is 2.55. The van der Waals surface area contributed by atoms with Crippen LogP contribution in [0.2, 0.25) is 0 Å². The van der Waals surface area contributed by atoms with Gasteiger partial charge in [0.1, 0.15) is 11.5 Å². The van der Waals surface area contributed by atoms with Crippen molar-refractivity contribution >= 4 is 23.7 Å². The van der Waals surface area contributed by atoms with Gasteiger partial charge in [-0.05, 0) is 43.7 Å². The van der Waals surface area contributed by atoms with Crippen molar-refractivity contribution in [1.29, 1.82) is 0 Å². The van der Waals surface area contributed by atoms with Crippen LogP contribution >= 0.6 is 11.8 Å². The molecule has 4 rings (SSSR count). The molecular weight excluding hydrogens is 462 g/mol. The Bertz CT molecular complexity index is 1090. The van der Waals surface area contributed by atoms with E-state index in [0.717, 1.165) is 22.6 Å². The van der Waals surface area contributed by atoms with E-state index in [1.54, 1.807) is 14.2 Å². The third-order valence-electron chi connectivity index (χ3n) is 7.37. The summed E-state index contributed by atoms with van der Waals surface area (Å²) < 4.78 is 11.2. The van der Waals surface area contributed by atoms with Gasteiger partial charge in [-0.3, -0.25) is 9.69 Å². The Kier molecular flexibility index (Phi) is 7.22. The maximum atomic E-state index is 13.7. The largest absolute Gasteiger partial charge is 0.497 e. The minimum absolute atomic E-state index is 0.0217. The molecule has 3 aliphatic rings. The van der Waals surface area contributed by atoms with Crippen LogP contribution in [0.25, 0.3) is 0 Å². The van der Waals surface area contributed by atoms with Gasteiger partial charge in [-0.25, -0.2) is 4.79 Å². The number of ether oxygens (including phenoxy) is 2. The molecule has 2 fully saturated rings. The summed E-state index contributed by atoms with van der Waals surface area (Å²) in [5.74, 6) is 1.52. The first-order chi connectivity index (χ1) is 16.8. The van der Waals surface area contributed by atoms with Crippen LogP contribution in [0.15, 0.2) is 46.9 Å². The number of hydrogen-bond acceptors (Lipinski definition) is 5. The number of piperidine rings is 1. The Labute approximate surface area is 212 Å². The van der Waals surface area contributed by atoms with Crippen molar-refractivity contribution in [2.75, 3.05) is 33.9 Å². The topological polar surface area (TPSA) is 62.3 Å². The van der Waals surface area contributed by atoms with E-state index in [9.17, 15) is 9.59 Å². The second-order valence-corrected chi connectivity index (χ2v) is 10.2. The Morgan fingerprint density at radius 3 is 2.57 bits per heavy atom. The maximum absolute atomic E-state index is 13.7. The molecule has 35 heavy (non-hydrogen) atoms. The SMILES string of the molecule is C=C(SC=CC)C(=O)N1CCC2(CC1)C1=CC(C)c3c(cc(OC)cc3OC)CN1C(=O)N2CC. The molecule has 7 nitrogen and oxygen atoms in total. The highest BCUT2D eigenvalue weighted by Crippen LogP contribution is 2.49. The molecule has 0 bridgehead atoms. The van der Waals surface area contributed by atoms with Gasteiger partial charge in [-0.1, -0.05) is 37.4 Å². The molecule has 1 atom stereocenters. The van der Waals surface area contributed by atoms with Gasteiger partial charge in [0.15, 0.2) is 0 Å². The number of hydrogen-bond donors (Lipinski definition) is 0. The van der Waals surface area contributed by atoms with E-state index in [0.29, 0.717) is 49.7 Å². The number of methoxy groups -OCH3 is 2. The number of amides is 3. The van der Waals surface area contributed by atoms with E-state index in [-0.39, 0.29) is 17.9 Å². The fraction of sp³-hybridized carbons (Fsp3) is 0.481. The van der Waals surface area contributed by atoms with Crippen molar-refractivity contribution in [3.8, 4) is 11.5 Å². The van der Waals surface area contributed by atoms with Crippen molar-refractivity contribution in [3.63, 3.8) is 0 Å². The monoisotopic (exact) mass is 497 g/mol. The number of likely N-dealkylation sites (N-methyl/N-ethyl adjacent to an activating group) is 1. The van der Waals surface area contributed by atoms with E-state index in [1.165, 1.54) is 11.8 Å². The zero-order valence-corrected chi connectivity index (χ0v) is 22.1. The fourth-order valence-corrected chi connectivity index (χ4v) is 6.25. The van der Waals surface area contributed by atoms with E-state index in [1.807, 2.05) is 52.2 Å². The molecule has 0 aromatic heterocycles. The van der Waals surface area contributed by atoms with Crippen molar-refractivity contribution in [2.45, 2.75) is 51.6 Å². The van der Waals surface area contributed by atoms with Gasteiger partial charge in [0.2, 0.25) is 0 Å². The molecule has 188 valence electrons. The van der Waals surface area contributed by atoms with Crippen LogP contribution < -0.4 is 9.47 Å². The summed E-state index contributed by atoms with van der Waals surface area (Å²) in [6, 6.07) is 3.94. The second-order valence-electron chi connectivity index (χ2n) is 9.19. The van der Waals surface area contributed by atoms with Crippen LogP contribution in [-0.2, 0) is 11.3 Å². The number of urea groups is 1. The molecule has 3 aliphatic heterocycles. The Morgan fingerprint density at radius 2 is 1.97 bits per heavy atom. The number of fused-ring (bicyclic) bond motifs is 3. The number of rotatable bonds is 6. The number of benzene rings is 1. The minimum Gasteiger partial charge on any atom is -0.497 e. The smallest absolute Gasteiger partial charge is 0.325 e. The van der Waals surface area contributed by atoms with E-state index < -0.39 is 5.54 Å². The number of nitrogens with zero attached hydrogens (tertiary/aromatic N) is 3. The van der Waals surface area contributed by atoms with Gasteiger partial charge < -0.3 is 19.3 Å². The molecule has 1 aromatic carbocycles. The van der Waals surface area contributed by atoms with Crippen molar-refractivity contribution in [1.82, 2.24) is 14.7 Å². The first kappa shape index (κ1) is 25.2. The zero-order valence-electron chi connectivity index (χ0n) is 21.3. The minimum atomic E-state index is -0.423. The van der Waals surface area contributed by atoms with Crippen LogP contribution in [0.3, 0.4) is 0 Å². The quantitative estimate of drug-likeness (QED) is 0.512. The Balaban J connectivity index is 1.67. The molecule has 0 radical (unpaired) electrons. The summed E-state index contributed by atoms with van der Waals surface area (Å²) in [4.78, 5) is 33.0.